The fourth-order valence-corrected chi connectivity index (χ4v) is 2.10. The molecular formula is C18H18F3N3O4. The van der Waals surface area contributed by atoms with E-state index < -0.39 is 46.5 Å². The number of anilines is 2. The summed E-state index contributed by atoms with van der Waals surface area (Å²) in [5.41, 5.74) is -3.05. The molecule has 0 atom stereocenters. The van der Waals surface area contributed by atoms with E-state index in [1.165, 1.54) is 24.5 Å². The molecule has 0 unspecified atom stereocenters. The Morgan fingerprint density at radius 3 is 2.07 bits per heavy atom. The van der Waals surface area contributed by atoms with Crippen molar-refractivity contribution in [2.24, 2.45) is 0 Å². The summed E-state index contributed by atoms with van der Waals surface area (Å²) in [5, 5.41) is 14.5. The van der Waals surface area contributed by atoms with Crippen molar-refractivity contribution in [3.8, 4) is 5.75 Å². The van der Waals surface area contributed by atoms with Crippen LogP contribution in [0.1, 0.15) is 36.7 Å². The van der Waals surface area contributed by atoms with Crippen molar-refractivity contribution in [3.63, 3.8) is 0 Å². The lowest BCUT2D eigenvalue weighted by Gasteiger charge is -2.21. The predicted octanol–water partition coefficient (Wildman–Crippen LogP) is 4.41. The predicted molar refractivity (Wildman–Crippen MR) is 95.2 cm³/mol. The standard InChI is InChI=1S/C18H18F3N3O4/c1-17(2,3)28-16(27)24-13-9-11(18(19,20)21)8-12(14(13)25)23-15(26)10-4-6-22-7-5-10/h4-9,25H,1-3H3,(H,23,26)(H,24,27). The number of carbonyl (C=O) groups excluding carboxylic acids is 2. The topological polar surface area (TPSA) is 101 Å². The van der Waals surface area contributed by atoms with Crippen LogP contribution in [0.4, 0.5) is 29.3 Å². The Morgan fingerprint density at radius 1 is 1.04 bits per heavy atom. The van der Waals surface area contributed by atoms with Crippen molar-refractivity contribution in [3.05, 3.63) is 47.8 Å². The van der Waals surface area contributed by atoms with Gasteiger partial charge in [-0.15, -0.1) is 0 Å². The lowest BCUT2D eigenvalue weighted by atomic mass is 10.1. The molecule has 2 amide bonds. The largest absolute Gasteiger partial charge is 0.504 e. The first kappa shape index (κ1) is 21.0. The van der Waals surface area contributed by atoms with Gasteiger partial charge in [0.1, 0.15) is 5.60 Å². The first-order valence-electron chi connectivity index (χ1n) is 8.02. The SMILES string of the molecule is CC(C)(C)OC(=O)Nc1cc(C(F)(F)F)cc(NC(=O)c2ccncc2)c1O. The number of ether oxygens (including phenoxy) is 1. The summed E-state index contributed by atoms with van der Waals surface area (Å²) < 4.78 is 44.6. The average Bonchev–Trinajstić information content (AvgIpc) is 2.56. The van der Waals surface area contributed by atoms with Gasteiger partial charge >= 0.3 is 12.3 Å². The molecule has 150 valence electrons. The molecule has 0 aliphatic heterocycles. The minimum absolute atomic E-state index is 0.119. The number of hydrogen-bond donors (Lipinski definition) is 3. The molecule has 10 heteroatoms. The minimum Gasteiger partial charge on any atom is -0.504 e. The van der Waals surface area contributed by atoms with Gasteiger partial charge in [-0.05, 0) is 45.0 Å². The summed E-state index contributed by atoms with van der Waals surface area (Å²) in [6.07, 6.45) is -3.19. The highest BCUT2D eigenvalue weighted by molar-refractivity contribution is 6.06. The molecule has 1 aromatic carbocycles. The number of pyridine rings is 1. The second-order valence-electron chi connectivity index (χ2n) is 6.73. The highest BCUT2D eigenvalue weighted by Crippen LogP contribution is 2.40. The number of nitrogens with one attached hydrogen (secondary N) is 2. The van der Waals surface area contributed by atoms with Crippen molar-refractivity contribution in [2.45, 2.75) is 32.5 Å². The lowest BCUT2D eigenvalue weighted by molar-refractivity contribution is -0.137. The lowest BCUT2D eigenvalue weighted by Crippen LogP contribution is -2.27. The highest BCUT2D eigenvalue weighted by atomic mass is 19.4. The Kier molecular flexibility index (Phi) is 5.81. The summed E-state index contributed by atoms with van der Waals surface area (Å²) in [6.45, 7) is 4.71. The number of alkyl halides is 3. The first-order valence-corrected chi connectivity index (χ1v) is 8.02. The van der Waals surface area contributed by atoms with Crippen molar-refractivity contribution < 1.29 is 32.6 Å². The number of amides is 2. The summed E-state index contributed by atoms with van der Waals surface area (Å²) in [4.78, 5) is 27.8. The van der Waals surface area contributed by atoms with Crippen molar-refractivity contribution in [1.82, 2.24) is 4.98 Å². The van der Waals surface area contributed by atoms with Gasteiger partial charge in [-0.2, -0.15) is 13.2 Å². The Morgan fingerprint density at radius 2 is 1.57 bits per heavy atom. The fraction of sp³-hybridized carbons (Fsp3) is 0.278. The Bertz CT molecular complexity index is 878. The number of carbonyl (C=O) groups is 2. The molecule has 1 heterocycles. The molecule has 0 aliphatic carbocycles. The zero-order valence-corrected chi connectivity index (χ0v) is 15.2. The Hall–Kier alpha value is -3.30. The molecule has 0 aliphatic rings. The smallest absolute Gasteiger partial charge is 0.416 e. The maximum atomic E-state index is 13.2. The van der Waals surface area contributed by atoms with Crippen LogP contribution < -0.4 is 10.6 Å². The van der Waals surface area contributed by atoms with Crippen LogP contribution in [-0.4, -0.2) is 27.7 Å². The third-order valence-electron chi connectivity index (χ3n) is 3.26. The van der Waals surface area contributed by atoms with Gasteiger partial charge in [0, 0.05) is 18.0 Å². The fourth-order valence-electron chi connectivity index (χ4n) is 2.10. The van der Waals surface area contributed by atoms with Gasteiger partial charge in [-0.1, -0.05) is 0 Å². The van der Waals surface area contributed by atoms with Gasteiger partial charge in [0.15, 0.2) is 5.75 Å². The van der Waals surface area contributed by atoms with Gasteiger partial charge in [0.25, 0.3) is 5.91 Å². The van der Waals surface area contributed by atoms with Gasteiger partial charge in [-0.3, -0.25) is 15.1 Å². The number of phenolic OH excluding ortho intramolecular Hbond substituents is 1. The molecule has 0 radical (unpaired) electrons. The van der Waals surface area contributed by atoms with Gasteiger partial charge in [-0.25, -0.2) is 4.79 Å². The monoisotopic (exact) mass is 397 g/mol. The van der Waals surface area contributed by atoms with Crippen molar-refractivity contribution >= 4 is 23.4 Å². The van der Waals surface area contributed by atoms with E-state index in [9.17, 15) is 27.9 Å². The maximum Gasteiger partial charge on any atom is 0.416 e. The molecule has 2 aromatic rings. The van der Waals surface area contributed by atoms with E-state index in [0.717, 1.165) is 0 Å². The van der Waals surface area contributed by atoms with Crippen LogP contribution in [0.3, 0.4) is 0 Å². The second-order valence-corrected chi connectivity index (χ2v) is 6.73. The zero-order valence-electron chi connectivity index (χ0n) is 15.2. The zero-order chi connectivity index (χ0) is 21.1. The Balaban J connectivity index is 2.39. The average molecular weight is 397 g/mol. The van der Waals surface area contributed by atoms with Gasteiger partial charge in [0.05, 0.1) is 16.9 Å². The molecule has 3 N–H and O–H groups in total. The molecule has 0 saturated heterocycles. The van der Waals surface area contributed by atoms with Crippen LogP contribution in [0.15, 0.2) is 36.7 Å². The van der Waals surface area contributed by atoms with E-state index in [4.69, 9.17) is 4.74 Å². The summed E-state index contributed by atoms with van der Waals surface area (Å²) >= 11 is 0. The first-order chi connectivity index (χ1) is 12.9. The number of aromatic nitrogens is 1. The van der Waals surface area contributed by atoms with Crippen LogP contribution in [0.5, 0.6) is 5.75 Å². The normalized spacial score (nSPS) is 11.6. The van der Waals surface area contributed by atoms with Crippen LogP contribution in [0.2, 0.25) is 0 Å². The minimum atomic E-state index is -4.78. The third kappa shape index (κ3) is 5.60. The quantitative estimate of drug-likeness (QED) is 0.667. The second kappa shape index (κ2) is 7.75. The van der Waals surface area contributed by atoms with E-state index in [2.05, 4.69) is 15.6 Å². The van der Waals surface area contributed by atoms with Crippen LogP contribution >= 0.6 is 0 Å². The summed E-state index contributed by atoms with van der Waals surface area (Å²) in [5.74, 6) is -1.51. The molecule has 0 spiro atoms. The molecule has 0 fully saturated rings. The van der Waals surface area contributed by atoms with Gasteiger partial charge < -0.3 is 15.2 Å². The molecule has 0 saturated carbocycles. The van der Waals surface area contributed by atoms with E-state index in [-0.39, 0.29) is 5.56 Å². The molecule has 1 aromatic heterocycles. The number of nitrogens with zero attached hydrogens (tertiary/aromatic N) is 1. The van der Waals surface area contributed by atoms with E-state index in [1.54, 1.807) is 20.8 Å². The Labute approximate surface area is 158 Å². The maximum absolute atomic E-state index is 13.2. The highest BCUT2D eigenvalue weighted by Gasteiger charge is 2.33. The number of phenols is 1. The van der Waals surface area contributed by atoms with Crippen LogP contribution in [0.25, 0.3) is 0 Å². The summed E-state index contributed by atoms with van der Waals surface area (Å²) in [7, 11) is 0. The molecule has 7 nitrogen and oxygen atoms in total. The molecular weight excluding hydrogens is 379 g/mol. The van der Waals surface area contributed by atoms with E-state index in [0.29, 0.717) is 12.1 Å². The number of halogens is 3. The van der Waals surface area contributed by atoms with E-state index >= 15 is 0 Å². The van der Waals surface area contributed by atoms with Crippen molar-refractivity contribution in [1.29, 1.82) is 0 Å². The van der Waals surface area contributed by atoms with E-state index in [1.807, 2.05) is 0 Å². The van der Waals surface area contributed by atoms with Crippen molar-refractivity contribution in [2.75, 3.05) is 10.6 Å². The number of rotatable bonds is 3. The summed E-state index contributed by atoms with van der Waals surface area (Å²) in [6, 6.07) is 3.80. The van der Waals surface area contributed by atoms with Crippen LogP contribution in [-0.2, 0) is 10.9 Å². The number of benzene rings is 1. The molecule has 0 bridgehead atoms. The van der Waals surface area contributed by atoms with Gasteiger partial charge in [0.2, 0.25) is 0 Å². The third-order valence-corrected chi connectivity index (χ3v) is 3.26. The van der Waals surface area contributed by atoms with Crippen LogP contribution in [0, 0.1) is 0 Å². The number of hydrogen-bond acceptors (Lipinski definition) is 5. The molecule has 28 heavy (non-hydrogen) atoms. The molecule has 2 rings (SSSR count). The number of aromatic hydroxyl groups is 1.